The van der Waals surface area contributed by atoms with Crippen LogP contribution in [0, 0.1) is 0 Å². The van der Waals surface area contributed by atoms with Crippen LogP contribution in [-0.2, 0) is 14.1 Å². The highest BCUT2D eigenvalue weighted by Gasteiger charge is 2.21. The Morgan fingerprint density at radius 2 is 1.71 bits per heavy atom. The Bertz CT molecular complexity index is 623. The zero-order chi connectivity index (χ0) is 12.6. The molecule has 0 aliphatic heterocycles. The molecule has 1 aromatic carbocycles. The zero-order valence-electron chi connectivity index (χ0n) is 9.68. The monoisotopic (exact) mass is 231 g/mol. The molecule has 1 amide bonds. The van der Waals surface area contributed by atoms with Crippen LogP contribution in [0.3, 0.4) is 0 Å². The van der Waals surface area contributed by atoms with E-state index in [1.54, 1.807) is 18.8 Å². The Morgan fingerprint density at radius 1 is 1.12 bits per heavy atom. The van der Waals surface area contributed by atoms with Gasteiger partial charge in [-0.3, -0.25) is 19.0 Å². The Kier molecular flexibility index (Phi) is 2.59. The summed E-state index contributed by atoms with van der Waals surface area (Å²) >= 11 is 0. The van der Waals surface area contributed by atoms with E-state index in [1.807, 2.05) is 30.3 Å². The molecule has 0 radical (unpaired) electrons. The first-order valence-corrected chi connectivity index (χ1v) is 5.15. The van der Waals surface area contributed by atoms with Crippen LogP contribution in [0.15, 0.2) is 35.1 Å². The molecule has 0 spiro atoms. The molecular formula is C12H13N3O2. The van der Waals surface area contributed by atoms with E-state index in [1.165, 1.54) is 4.68 Å². The van der Waals surface area contributed by atoms with Gasteiger partial charge in [0, 0.05) is 19.7 Å². The molecule has 1 heterocycles. The number of amides is 1. The van der Waals surface area contributed by atoms with Gasteiger partial charge in [-0.05, 0) is 0 Å². The van der Waals surface area contributed by atoms with Crippen molar-refractivity contribution in [3.8, 4) is 11.3 Å². The van der Waals surface area contributed by atoms with Gasteiger partial charge in [-0.2, -0.15) is 0 Å². The lowest BCUT2D eigenvalue weighted by molar-refractivity contribution is 0.0999. The summed E-state index contributed by atoms with van der Waals surface area (Å²) < 4.78 is 2.99. The van der Waals surface area contributed by atoms with Crippen LogP contribution in [0.25, 0.3) is 11.3 Å². The van der Waals surface area contributed by atoms with Crippen molar-refractivity contribution >= 4 is 5.91 Å². The van der Waals surface area contributed by atoms with Crippen LogP contribution in [0.2, 0.25) is 0 Å². The third-order valence-corrected chi connectivity index (χ3v) is 2.81. The number of rotatable bonds is 2. The molecule has 1 aromatic heterocycles. The fourth-order valence-corrected chi connectivity index (χ4v) is 1.86. The summed E-state index contributed by atoms with van der Waals surface area (Å²) in [4.78, 5) is 23.2. The number of hydrogen-bond acceptors (Lipinski definition) is 2. The lowest BCUT2D eigenvalue weighted by Gasteiger charge is -2.06. The molecule has 0 aliphatic rings. The van der Waals surface area contributed by atoms with Crippen molar-refractivity contribution in [1.82, 2.24) is 9.36 Å². The van der Waals surface area contributed by atoms with Crippen molar-refractivity contribution in [3.05, 3.63) is 46.2 Å². The lowest BCUT2D eigenvalue weighted by atomic mass is 10.1. The van der Waals surface area contributed by atoms with Gasteiger partial charge in [0.25, 0.3) is 11.5 Å². The third-order valence-electron chi connectivity index (χ3n) is 2.81. The Morgan fingerprint density at radius 3 is 2.24 bits per heavy atom. The molecule has 0 saturated heterocycles. The number of nitrogens with two attached hydrogens (primary N) is 1. The summed E-state index contributed by atoms with van der Waals surface area (Å²) in [5, 5.41) is 0. The quantitative estimate of drug-likeness (QED) is 0.817. The van der Waals surface area contributed by atoms with E-state index in [4.69, 9.17) is 5.73 Å². The van der Waals surface area contributed by atoms with Gasteiger partial charge >= 0.3 is 0 Å². The van der Waals surface area contributed by atoms with Crippen LogP contribution < -0.4 is 11.3 Å². The van der Waals surface area contributed by atoms with E-state index >= 15 is 0 Å². The summed E-state index contributed by atoms with van der Waals surface area (Å²) in [6.45, 7) is 0. The van der Waals surface area contributed by atoms with Gasteiger partial charge < -0.3 is 5.73 Å². The van der Waals surface area contributed by atoms with E-state index in [0.29, 0.717) is 5.69 Å². The van der Waals surface area contributed by atoms with Gasteiger partial charge in [-0.1, -0.05) is 30.3 Å². The summed E-state index contributed by atoms with van der Waals surface area (Å²) in [5.41, 5.74) is 6.26. The van der Waals surface area contributed by atoms with Crippen molar-refractivity contribution in [3.63, 3.8) is 0 Å². The van der Waals surface area contributed by atoms with Crippen molar-refractivity contribution in [2.75, 3.05) is 0 Å². The van der Waals surface area contributed by atoms with Gasteiger partial charge in [0.05, 0.1) is 5.69 Å². The van der Waals surface area contributed by atoms with Crippen molar-refractivity contribution < 1.29 is 4.79 Å². The van der Waals surface area contributed by atoms with E-state index in [9.17, 15) is 9.59 Å². The molecule has 0 fully saturated rings. The number of benzene rings is 1. The van der Waals surface area contributed by atoms with E-state index < -0.39 is 5.91 Å². The summed E-state index contributed by atoms with van der Waals surface area (Å²) in [6, 6.07) is 9.23. The topological polar surface area (TPSA) is 70.0 Å². The smallest absolute Gasteiger partial charge is 0.279 e. The largest absolute Gasteiger partial charge is 0.365 e. The highest BCUT2D eigenvalue weighted by Crippen LogP contribution is 2.20. The van der Waals surface area contributed by atoms with Gasteiger partial charge in [0.15, 0.2) is 0 Å². The average molecular weight is 231 g/mol. The second-order valence-electron chi connectivity index (χ2n) is 3.81. The molecule has 0 aliphatic carbocycles. The predicted molar refractivity (Wildman–Crippen MR) is 64.6 cm³/mol. The number of carbonyl (C=O) groups is 1. The Labute approximate surface area is 98.1 Å². The predicted octanol–water partition coefficient (Wildman–Crippen LogP) is 0.490. The molecular weight excluding hydrogens is 218 g/mol. The van der Waals surface area contributed by atoms with Crippen LogP contribution in [0.1, 0.15) is 10.4 Å². The second-order valence-corrected chi connectivity index (χ2v) is 3.81. The standard InChI is InChI=1S/C12H13N3O2/c1-14-10(8-6-4-3-5-7-8)9(11(13)16)12(17)15(14)2/h3-7H,1-2H3,(H2,13,16). The molecule has 2 N–H and O–H groups in total. The van der Waals surface area contributed by atoms with Gasteiger partial charge in [0.2, 0.25) is 0 Å². The van der Waals surface area contributed by atoms with Gasteiger partial charge in [-0.15, -0.1) is 0 Å². The Hall–Kier alpha value is -2.30. The molecule has 0 unspecified atom stereocenters. The fraction of sp³-hybridized carbons (Fsp3) is 0.167. The molecule has 0 atom stereocenters. The van der Waals surface area contributed by atoms with Crippen LogP contribution in [0.4, 0.5) is 0 Å². The molecule has 5 heteroatoms. The maximum absolute atomic E-state index is 11.9. The number of primary amides is 1. The van der Waals surface area contributed by atoms with Crippen molar-refractivity contribution in [2.45, 2.75) is 0 Å². The first kappa shape index (κ1) is 11.2. The number of hydrogen-bond donors (Lipinski definition) is 1. The molecule has 0 saturated carbocycles. The highest BCUT2D eigenvalue weighted by atomic mass is 16.2. The van der Waals surface area contributed by atoms with Gasteiger partial charge in [-0.25, -0.2) is 0 Å². The number of nitrogens with zero attached hydrogens (tertiary/aromatic N) is 2. The van der Waals surface area contributed by atoms with Gasteiger partial charge in [0.1, 0.15) is 5.56 Å². The maximum atomic E-state index is 11.9. The summed E-state index contributed by atoms with van der Waals surface area (Å²) in [7, 11) is 3.32. The molecule has 5 nitrogen and oxygen atoms in total. The van der Waals surface area contributed by atoms with Crippen LogP contribution in [-0.4, -0.2) is 15.3 Å². The van der Waals surface area contributed by atoms with Crippen molar-refractivity contribution in [1.29, 1.82) is 0 Å². The molecule has 17 heavy (non-hydrogen) atoms. The maximum Gasteiger partial charge on any atom is 0.279 e. The lowest BCUT2D eigenvalue weighted by Crippen LogP contribution is -2.24. The zero-order valence-corrected chi connectivity index (χ0v) is 9.68. The highest BCUT2D eigenvalue weighted by molar-refractivity contribution is 5.98. The first-order valence-electron chi connectivity index (χ1n) is 5.15. The number of carbonyl (C=O) groups excluding carboxylic acids is 1. The first-order chi connectivity index (χ1) is 8.04. The molecule has 0 bridgehead atoms. The Balaban J connectivity index is 2.82. The minimum atomic E-state index is -0.704. The molecule has 88 valence electrons. The molecule has 2 aromatic rings. The van der Waals surface area contributed by atoms with E-state index in [0.717, 1.165) is 5.56 Å². The fourth-order valence-electron chi connectivity index (χ4n) is 1.86. The number of aromatic nitrogens is 2. The van der Waals surface area contributed by atoms with E-state index in [2.05, 4.69) is 0 Å². The average Bonchev–Trinajstić information content (AvgIpc) is 2.55. The van der Waals surface area contributed by atoms with Crippen LogP contribution >= 0.6 is 0 Å². The van der Waals surface area contributed by atoms with Crippen molar-refractivity contribution in [2.24, 2.45) is 19.8 Å². The molecule has 2 rings (SSSR count). The minimum Gasteiger partial charge on any atom is -0.365 e. The summed E-state index contributed by atoms with van der Waals surface area (Å²) in [5.74, 6) is -0.704. The van der Waals surface area contributed by atoms with E-state index in [-0.39, 0.29) is 11.1 Å². The third kappa shape index (κ3) is 1.65. The van der Waals surface area contributed by atoms with Crippen LogP contribution in [0.5, 0.6) is 0 Å². The second kappa shape index (κ2) is 3.93. The SMILES string of the molecule is Cn1c(-c2ccccc2)c(C(N)=O)c(=O)n1C. The summed E-state index contributed by atoms with van der Waals surface area (Å²) in [6.07, 6.45) is 0. The minimum absolute atomic E-state index is 0.0289. The normalized spacial score (nSPS) is 10.5.